The Morgan fingerprint density at radius 3 is 3.00 bits per heavy atom. The van der Waals surface area contributed by atoms with Crippen molar-refractivity contribution in [2.75, 3.05) is 13.1 Å². The Labute approximate surface area is 84.2 Å². The molecule has 1 fully saturated rings. The molecule has 2 unspecified atom stereocenters. The number of nitrogens with zero attached hydrogens (tertiary/aromatic N) is 3. The van der Waals surface area contributed by atoms with Gasteiger partial charge in [-0.05, 0) is 13.3 Å². The summed E-state index contributed by atoms with van der Waals surface area (Å²) in [7, 11) is 0. The Kier molecular flexibility index (Phi) is 2.74. The van der Waals surface area contributed by atoms with Crippen molar-refractivity contribution in [1.29, 1.82) is 0 Å². The molecule has 2 rings (SSSR count). The summed E-state index contributed by atoms with van der Waals surface area (Å²) in [4.78, 5) is 10.7. The summed E-state index contributed by atoms with van der Waals surface area (Å²) in [5.41, 5.74) is 6.89. The first-order valence-corrected chi connectivity index (χ1v) is 5.03. The number of hydrogen-bond donors (Lipinski definition) is 1. The molecule has 1 saturated heterocycles. The van der Waals surface area contributed by atoms with E-state index in [-0.39, 0.29) is 0 Å². The van der Waals surface area contributed by atoms with E-state index in [1.54, 1.807) is 12.4 Å². The Bertz CT molecular complexity index is 287. The van der Waals surface area contributed by atoms with Crippen molar-refractivity contribution < 1.29 is 0 Å². The molecule has 0 radical (unpaired) electrons. The maximum Gasteiger partial charge on any atom is 0.0755 e. The topological polar surface area (TPSA) is 55.0 Å². The highest BCUT2D eigenvalue weighted by Gasteiger charge is 2.24. The molecule has 2 atom stereocenters. The van der Waals surface area contributed by atoms with Gasteiger partial charge in [0.1, 0.15) is 0 Å². The first-order valence-electron chi connectivity index (χ1n) is 5.03. The van der Waals surface area contributed by atoms with Gasteiger partial charge in [0.2, 0.25) is 0 Å². The van der Waals surface area contributed by atoms with E-state index < -0.39 is 0 Å². The zero-order chi connectivity index (χ0) is 9.97. The van der Waals surface area contributed by atoms with Gasteiger partial charge in [0.15, 0.2) is 0 Å². The van der Waals surface area contributed by atoms with Crippen LogP contribution in [0.2, 0.25) is 0 Å². The molecule has 1 aliphatic rings. The average molecular weight is 192 g/mol. The summed E-state index contributed by atoms with van der Waals surface area (Å²) >= 11 is 0. The second-order valence-electron chi connectivity index (χ2n) is 3.85. The van der Waals surface area contributed by atoms with Crippen LogP contribution in [0.1, 0.15) is 25.1 Å². The number of aromatic nitrogens is 2. The highest BCUT2D eigenvalue weighted by molar-refractivity contribution is 5.02. The molecule has 0 spiro atoms. The van der Waals surface area contributed by atoms with Gasteiger partial charge in [0.05, 0.1) is 11.7 Å². The zero-order valence-electron chi connectivity index (χ0n) is 8.43. The molecule has 76 valence electrons. The molecule has 0 amide bonds. The molecule has 1 aromatic rings. The molecule has 0 aliphatic carbocycles. The molecule has 1 aliphatic heterocycles. The first kappa shape index (κ1) is 9.55. The quantitative estimate of drug-likeness (QED) is 0.744. The Morgan fingerprint density at radius 1 is 1.57 bits per heavy atom. The fourth-order valence-electron chi connectivity index (χ4n) is 1.88. The lowest BCUT2D eigenvalue weighted by molar-refractivity contribution is 0.255. The maximum absolute atomic E-state index is 5.86. The van der Waals surface area contributed by atoms with E-state index in [2.05, 4.69) is 21.8 Å². The Morgan fingerprint density at radius 2 is 2.43 bits per heavy atom. The second-order valence-corrected chi connectivity index (χ2v) is 3.85. The SMILES string of the molecule is CC(c1cnccn1)N1CCC(N)C1. The van der Waals surface area contributed by atoms with Gasteiger partial charge in [0, 0.05) is 37.7 Å². The molecule has 4 heteroatoms. The van der Waals surface area contributed by atoms with Gasteiger partial charge in [-0.15, -0.1) is 0 Å². The molecule has 14 heavy (non-hydrogen) atoms. The van der Waals surface area contributed by atoms with Crippen molar-refractivity contribution in [1.82, 2.24) is 14.9 Å². The molecule has 0 bridgehead atoms. The zero-order valence-corrected chi connectivity index (χ0v) is 8.43. The summed E-state index contributed by atoms with van der Waals surface area (Å²) in [5.74, 6) is 0. The van der Waals surface area contributed by atoms with Crippen LogP contribution in [-0.2, 0) is 0 Å². The van der Waals surface area contributed by atoms with Crippen LogP contribution in [0.4, 0.5) is 0 Å². The van der Waals surface area contributed by atoms with Crippen LogP contribution in [-0.4, -0.2) is 34.0 Å². The summed E-state index contributed by atoms with van der Waals surface area (Å²) in [6.07, 6.45) is 6.35. The minimum atomic E-state index is 0.328. The van der Waals surface area contributed by atoms with Crippen molar-refractivity contribution in [3.05, 3.63) is 24.3 Å². The van der Waals surface area contributed by atoms with E-state index in [0.29, 0.717) is 12.1 Å². The normalized spacial score (nSPS) is 25.1. The van der Waals surface area contributed by atoms with Crippen molar-refractivity contribution >= 4 is 0 Å². The van der Waals surface area contributed by atoms with Crippen LogP contribution in [0.5, 0.6) is 0 Å². The van der Waals surface area contributed by atoms with Crippen LogP contribution in [0.25, 0.3) is 0 Å². The lowest BCUT2D eigenvalue weighted by Crippen LogP contribution is -2.29. The first-order chi connectivity index (χ1) is 6.77. The van der Waals surface area contributed by atoms with Crippen LogP contribution < -0.4 is 5.73 Å². The lowest BCUT2D eigenvalue weighted by Gasteiger charge is -2.22. The summed E-state index contributed by atoms with van der Waals surface area (Å²) in [6.45, 7) is 4.19. The number of hydrogen-bond acceptors (Lipinski definition) is 4. The largest absolute Gasteiger partial charge is 0.326 e. The molecule has 2 heterocycles. The average Bonchev–Trinajstić information content (AvgIpc) is 2.65. The van der Waals surface area contributed by atoms with Crippen molar-refractivity contribution in [3.8, 4) is 0 Å². The third-order valence-electron chi connectivity index (χ3n) is 2.82. The molecular weight excluding hydrogens is 176 g/mol. The van der Waals surface area contributed by atoms with E-state index in [9.17, 15) is 0 Å². The van der Waals surface area contributed by atoms with E-state index >= 15 is 0 Å². The number of likely N-dealkylation sites (tertiary alicyclic amines) is 1. The Hall–Kier alpha value is -1.00. The molecular formula is C10H16N4. The van der Waals surface area contributed by atoms with Gasteiger partial charge in [-0.3, -0.25) is 14.9 Å². The van der Waals surface area contributed by atoms with Crippen molar-refractivity contribution in [2.45, 2.75) is 25.4 Å². The predicted molar refractivity (Wildman–Crippen MR) is 54.6 cm³/mol. The minimum absolute atomic E-state index is 0.328. The number of nitrogens with two attached hydrogens (primary N) is 1. The van der Waals surface area contributed by atoms with Crippen LogP contribution in [0, 0.1) is 0 Å². The molecule has 2 N–H and O–H groups in total. The molecule has 1 aromatic heterocycles. The van der Waals surface area contributed by atoms with Crippen molar-refractivity contribution in [2.24, 2.45) is 5.73 Å². The summed E-state index contributed by atoms with van der Waals surface area (Å²) in [6, 6.07) is 0.659. The van der Waals surface area contributed by atoms with Gasteiger partial charge in [-0.1, -0.05) is 0 Å². The number of rotatable bonds is 2. The highest BCUT2D eigenvalue weighted by atomic mass is 15.2. The lowest BCUT2D eigenvalue weighted by atomic mass is 10.2. The van der Waals surface area contributed by atoms with Crippen LogP contribution >= 0.6 is 0 Å². The third-order valence-corrected chi connectivity index (χ3v) is 2.82. The maximum atomic E-state index is 5.86. The van der Waals surface area contributed by atoms with Crippen molar-refractivity contribution in [3.63, 3.8) is 0 Å². The van der Waals surface area contributed by atoms with Crippen LogP contribution in [0.15, 0.2) is 18.6 Å². The summed E-state index contributed by atoms with van der Waals surface area (Å²) < 4.78 is 0. The van der Waals surface area contributed by atoms with Gasteiger partial charge in [-0.25, -0.2) is 0 Å². The molecule has 0 saturated carbocycles. The molecule has 0 aromatic carbocycles. The second kappa shape index (κ2) is 4.02. The minimum Gasteiger partial charge on any atom is -0.326 e. The van der Waals surface area contributed by atoms with E-state index in [0.717, 1.165) is 25.2 Å². The summed E-state index contributed by atoms with van der Waals surface area (Å²) in [5, 5.41) is 0. The van der Waals surface area contributed by atoms with Gasteiger partial charge < -0.3 is 5.73 Å². The van der Waals surface area contributed by atoms with E-state index in [4.69, 9.17) is 5.73 Å². The Balaban J connectivity index is 2.05. The standard InChI is InChI=1S/C10H16N4/c1-8(10-6-12-3-4-13-10)14-5-2-9(11)7-14/h3-4,6,8-9H,2,5,7,11H2,1H3. The van der Waals surface area contributed by atoms with E-state index in [1.165, 1.54) is 0 Å². The monoisotopic (exact) mass is 192 g/mol. The molecule has 4 nitrogen and oxygen atoms in total. The van der Waals surface area contributed by atoms with Gasteiger partial charge >= 0.3 is 0 Å². The van der Waals surface area contributed by atoms with Gasteiger partial charge in [0.25, 0.3) is 0 Å². The fourth-order valence-corrected chi connectivity index (χ4v) is 1.88. The van der Waals surface area contributed by atoms with E-state index in [1.807, 2.05) is 6.20 Å². The fraction of sp³-hybridized carbons (Fsp3) is 0.600. The smallest absolute Gasteiger partial charge is 0.0755 e. The van der Waals surface area contributed by atoms with Crippen LogP contribution in [0.3, 0.4) is 0 Å². The predicted octanol–water partition coefficient (Wildman–Crippen LogP) is 0.571. The highest BCUT2D eigenvalue weighted by Crippen LogP contribution is 2.21. The van der Waals surface area contributed by atoms with Gasteiger partial charge in [-0.2, -0.15) is 0 Å². The third kappa shape index (κ3) is 1.91.